The normalized spacial score (nSPS) is 16.7. The van der Waals surface area contributed by atoms with Gasteiger partial charge in [-0.25, -0.2) is 0 Å². The number of hydrogen-bond acceptors (Lipinski definition) is 9. The van der Waals surface area contributed by atoms with E-state index < -0.39 is 48.0 Å². The van der Waals surface area contributed by atoms with Crippen molar-refractivity contribution in [3.8, 4) is 0 Å². The van der Waals surface area contributed by atoms with Gasteiger partial charge in [0.1, 0.15) is 35.2 Å². The van der Waals surface area contributed by atoms with Crippen LogP contribution in [0.25, 0.3) is 0 Å². The monoisotopic (exact) mass is 628 g/mol. The van der Waals surface area contributed by atoms with Crippen LogP contribution in [-0.4, -0.2) is 35.4 Å². The Kier molecular flexibility index (Phi) is 13.2. The highest BCUT2D eigenvalue weighted by atomic mass is 16.6. The number of aliphatic hydroxyl groups is 1. The van der Waals surface area contributed by atoms with Crippen LogP contribution in [0.2, 0.25) is 0 Å². The molecule has 0 saturated carbocycles. The fourth-order valence-corrected chi connectivity index (χ4v) is 6.29. The topological polar surface area (TPSA) is 133 Å². The van der Waals surface area contributed by atoms with Crippen LogP contribution in [0.5, 0.6) is 0 Å². The number of carbonyl (C=O) groups excluding carboxylic acids is 2. The zero-order valence-electron chi connectivity index (χ0n) is 29.2. The standard InChI is InChI=1S/C36H52O9/c1-14-28(39)19(5)34-23(9)31(41)21(7)32(45-34)17(3)16-18(4)33(42-26(12)37)24(10)36(43-27(13)38)25(11)35-22(8)30(40)20(6)29(15-2)44-35/h16-17,19,24-25,28,33,36,39H,14-15H2,1-13H3. The van der Waals surface area contributed by atoms with Gasteiger partial charge in [0, 0.05) is 60.3 Å². The van der Waals surface area contributed by atoms with E-state index in [0.717, 1.165) is 0 Å². The van der Waals surface area contributed by atoms with Gasteiger partial charge in [0.15, 0.2) is 10.9 Å². The molecule has 0 saturated heterocycles. The Morgan fingerprint density at radius 3 is 1.73 bits per heavy atom. The van der Waals surface area contributed by atoms with E-state index >= 15 is 0 Å². The maximum atomic E-state index is 13.2. The number of ether oxygens (including phenoxy) is 2. The van der Waals surface area contributed by atoms with Crippen LogP contribution in [-0.2, 0) is 25.5 Å². The van der Waals surface area contributed by atoms with Gasteiger partial charge >= 0.3 is 11.9 Å². The molecule has 2 aromatic rings. The van der Waals surface area contributed by atoms with Crippen molar-refractivity contribution in [2.24, 2.45) is 5.92 Å². The van der Waals surface area contributed by atoms with E-state index in [9.17, 15) is 24.3 Å². The third-order valence-corrected chi connectivity index (χ3v) is 8.94. The molecule has 45 heavy (non-hydrogen) atoms. The maximum Gasteiger partial charge on any atom is 0.303 e. The van der Waals surface area contributed by atoms with E-state index in [4.69, 9.17) is 18.3 Å². The number of rotatable bonds is 13. The summed E-state index contributed by atoms with van der Waals surface area (Å²) in [6, 6.07) is 0. The highest BCUT2D eigenvalue weighted by Crippen LogP contribution is 2.35. The Labute approximate surface area is 267 Å². The Balaban J connectivity index is 2.65. The third-order valence-electron chi connectivity index (χ3n) is 8.94. The van der Waals surface area contributed by atoms with Gasteiger partial charge in [-0.2, -0.15) is 0 Å². The van der Waals surface area contributed by atoms with Crippen molar-refractivity contribution in [1.82, 2.24) is 0 Å². The Morgan fingerprint density at radius 2 is 1.24 bits per heavy atom. The van der Waals surface area contributed by atoms with Gasteiger partial charge in [0.05, 0.1) is 12.0 Å². The van der Waals surface area contributed by atoms with E-state index in [1.165, 1.54) is 13.8 Å². The third kappa shape index (κ3) is 8.43. The average molecular weight is 629 g/mol. The lowest BCUT2D eigenvalue weighted by atomic mass is 9.83. The summed E-state index contributed by atoms with van der Waals surface area (Å²) in [5, 5.41) is 10.5. The molecule has 0 radical (unpaired) electrons. The maximum absolute atomic E-state index is 13.2. The molecule has 250 valence electrons. The Morgan fingerprint density at radius 1 is 0.756 bits per heavy atom. The van der Waals surface area contributed by atoms with Gasteiger partial charge in [-0.05, 0) is 46.6 Å². The summed E-state index contributed by atoms with van der Waals surface area (Å²) in [5.41, 5.74) is 2.32. The predicted molar refractivity (Wildman–Crippen MR) is 174 cm³/mol. The van der Waals surface area contributed by atoms with Crippen molar-refractivity contribution in [2.75, 3.05) is 0 Å². The Hall–Kier alpha value is -3.46. The number of allylic oxidation sites excluding steroid dienone is 1. The van der Waals surface area contributed by atoms with Crippen LogP contribution in [0.1, 0.15) is 132 Å². The lowest BCUT2D eigenvalue weighted by Gasteiger charge is -2.34. The van der Waals surface area contributed by atoms with Gasteiger partial charge in [-0.1, -0.05) is 47.6 Å². The molecule has 0 aromatic carbocycles. The number of carbonyl (C=O) groups is 2. The molecule has 2 rings (SSSR count). The molecular weight excluding hydrogens is 576 g/mol. The summed E-state index contributed by atoms with van der Waals surface area (Å²) in [7, 11) is 0. The van der Waals surface area contributed by atoms with Crippen LogP contribution >= 0.6 is 0 Å². The lowest BCUT2D eigenvalue weighted by Crippen LogP contribution is -2.40. The average Bonchev–Trinajstić information content (AvgIpc) is 2.98. The quantitative estimate of drug-likeness (QED) is 0.192. The molecule has 0 spiro atoms. The second-order valence-corrected chi connectivity index (χ2v) is 12.4. The molecule has 7 atom stereocenters. The summed E-state index contributed by atoms with van der Waals surface area (Å²) in [6.45, 7) is 22.4. The van der Waals surface area contributed by atoms with Crippen LogP contribution < -0.4 is 10.9 Å². The summed E-state index contributed by atoms with van der Waals surface area (Å²) in [6.07, 6.45) is 0.602. The van der Waals surface area contributed by atoms with E-state index in [-0.39, 0.29) is 16.8 Å². The van der Waals surface area contributed by atoms with Crippen molar-refractivity contribution in [1.29, 1.82) is 0 Å². The molecule has 0 aliphatic heterocycles. The predicted octanol–water partition coefficient (Wildman–Crippen LogP) is 6.62. The fourth-order valence-electron chi connectivity index (χ4n) is 6.29. The first-order valence-corrected chi connectivity index (χ1v) is 15.9. The molecule has 0 aliphatic rings. The zero-order chi connectivity index (χ0) is 34.5. The molecule has 2 heterocycles. The molecule has 1 N–H and O–H groups in total. The van der Waals surface area contributed by atoms with Crippen molar-refractivity contribution in [3.63, 3.8) is 0 Å². The minimum absolute atomic E-state index is 0.120. The van der Waals surface area contributed by atoms with Crippen LogP contribution in [0, 0.1) is 33.6 Å². The molecule has 0 aliphatic carbocycles. The van der Waals surface area contributed by atoms with E-state index in [2.05, 4.69) is 0 Å². The van der Waals surface area contributed by atoms with Gasteiger partial charge in [-0.15, -0.1) is 0 Å². The Bertz CT molecular complexity index is 1530. The van der Waals surface area contributed by atoms with Gasteiger partial charge in [0.2, 0.25) is 0 Å². The smallest absolute Gasteiger partial charge is 0.303 e. The van der Waals surface area contributed by atoms with E-state index in [1.54, 1.807) is 27.7 Å². The van der Waals surface area contributed by atoms with Crippen molar-refractivity contribution in [3.05, 3.63) is 77.4 Å². The summed E-state index contributed by atoms with van der Waals surface area (Å²) in [5.74, 6) is -1.03. The number of hydrogen-bond donors (Lipinski definition) is 1. The van der Waals surface area contributed by atoms with Gasteiger partial charge in [-0.3, -0.25) is 19.2 Å². The zero-order valence-corrected chi connectivity index (χ0v) is 29.2. The number of aliphatic hydroxyl groups excluding tert-OH is 1. The van der Waals surface area contributed by atoms with Crippen molar-refractivity contribution in [2.45, 2.75) is 139 Å². The molecule has 9 nitrogen and oxygen atoms in total. The van der Waals surface area contributed by atoms with Crippen LogP contribution in [0.3, 0.4) is 0 Å². The molecule has 2 aromatic heterocycles. The molecule has 7 unspecified atom stereocenters. The first-order chi connectivity index (χ1) is 20.9. The van der Waals surface area contributed by atoms with Crippen molar-refractivity contribution < 1.29 is 33.0 Å². The second-order valence-electron chi connectivity index (χ2n) is 12.4. The molecule has 9 heteroatoms. The van der Waals surface area contributed by atoms with Gasteiger partial charge < -0.3 is 23.4 Å². The highest BCUT2D eigenvalue weighted by Gasteiger charge is 2.38. The molecule has 0 amide bonds. The largest absolute Gasteiger partial charge is 0.465 e. The van der Waals surface area contributed by atoms with E-state index in [0.29, 0.717) is 63.7 Å². The summed E-state index contributed by atoms with van der Waals surface area (Å²) < 4.78 is 24.2. The van der Waals surface area contributed by atoms with E-state index in [1.807, 2.05) is 54.5 Å². The highest BCUT2D eigenvalue weighted by molar-refractivity contribution is 5.67. The van der Waals surface area contributed by atoms with Crippen LogP contribution in [0.4, 0.5) is 0 Å². The first-order valence-electron chi connectivity index (χ1n) is 15.9. The molecule has 0 fully saturated rings. The minimum atomic E-state index is -0.822. The fraction of sp³-hybridized carbons (Fsp3) is 0.611. The summed E-state index contributed by atoms with van der Waals surface area (Å²) in [4.78, 5) is 51.0. The summed E-state index contributed by atoms with van der Waals surface area (Å²) >= 11 is 0. The lowest BCUT2D eigenvalue weighted by molar-refractivity contribution is -0.157. The number of esters is 2. The minimum Gasteiger partial charge on any atom is -0.465 e. The first kappa shape index (κ1) is 37.7. The second kappa shape index (κ2) is 15.7. The molecule has 0 bridgehead atoms. The SMILES string of the molecule is CCc1oc(C(C)C(OC(C)=O)C(C)C(OC(C)=O)C(C)=CC(C)c2oc(C(C)C(O)CC)c(C)c(=O)c2C)c(C)c(=O)c1C. The number of aryl methyl sites for hydroxylation is 1. The van der Waals surface area contributed by atoms with Gasteiger partial charge in [0.25, 0.3) is 0 Å². The molecular formula is C36H52O9. The van der Waals surface area contributed by atoms with Crippen LogP contribution in [0.15, 0.2) is 30.1 Å². The van der Waals surface area contributed by atoms with Crippen molar-refractivity contribution >= 4 is 11.9 Å².